The molecule has 0 bridgehead atoms. The number of guanidine groups is 1. The van der Waals surface area contributed by atoms with Crippen LogP contribution in [0.15, 0.2) is 29.3 Å². The Morgan fingerprint density at radius 1 is 1.30 bits per heavy atom. The van der Waals surface area contributed by atoms with Gasteiger partial charge in [0.15, 0.2) is 5.96 Å². The first-order chi connectivity index (χ1) is 11.1. The molecule has 0 radical (unpaired) electrons. The summed E-state index contributed by atoms with van der Waals surface area (Å²) in [6.45, 7) is 4.10. The molecule has 23 heavy (non-hydrogen) atoms. The number of ether oxygens (including phenoxy) is 1. The molecule has 0 amide bonds. The largest absolute Gasteiger partial charge is 0.497 e. The SMILES string of the molecule is CCNC(=NCC1(O)CCCC1)N(C)Cc1ccc(OC)cc1. The Kier molecular flexibility index (Phi) is 6.28. The average Bonchev–Trinajstić information content (AvgIpc) is 2.99. The Labute approximate surface area is 139 Å². The molecule has 0 saturated heterocycles. The maximum Gasteiger partial charge on any atom is 0.194 e. The minimum atomic E-state index is -0.609. The molecule has 1 saturated carbocycles. The molecule has 1 aromatic rings. The van der Waals surface area contributed by atoms with Gasteiger partial charge in [-0.1, -0.05) is 25.0 Å². The molecular weight excluding hydrogens is 290 g/mol. The van der Waals surface area contributed by atoms with E-state index in [0.29, 0.717) is 6.54 Å². The average molecular weight is 319 g/mol. The van der Waals surface area contributed by atoms with Gasteiger partial charge in [-0.3, -0.25) is 4.99 Å². The number of hydrogen-bond donors (Lipinski definition) is 2. The standard InChI is InChI=1S/C18H29N3O2/c1-4-19-17(20-14-18(22)11-5-6-12-18)21(2)13-15-7-9-16(23-3)10-8-15/h7-10,22H,4-6,11-14H2,1-3H3,(H,19,20). The van der Waals surface area contributed by atoms with E-state index in [1.165, 1.54) is 5.56 Å². The summed E-state index contributed by atoms with van der Waals surface area (Å²) in [4.78, 5) is 6.74. The Bertz CT molecular complexity index is 508. The number of aliphatic hydroxyl groups is 1. The first-order valence-electron chi connectivity index (χ1n) is 8.41. The molecule has 5 heteroatoms. The van der Waals surface area contributed by atoms with Crippen molar-refractivity contribution in [1.29, 1.82) is 0 Å². The zero-order chi connectivity index (χ0) is 16.7. The first kappa shape index (κ1) is 17.6. The second kappa shape index (κ2) is 8.20. The second-order valence-electron chi connectivity index (χ2n) is 6.31. The van der Waals surface area contributed by atoms with Crippen LogP contribution >= 0.6 is 0 Å². The van der Waals surface area contributed by atoms with Gasteiger partial charge in [0.1, 0.15) is 5.75 Å². The Hall–Kier alpha value is -1.75. The lowest BCUT2D eigenvalue weighted by Gasteiger charge is -2.25. The van der Waals surface area contributed by atoms with Crippen LogP contribution in [0.4, 0.5) is 0 Å². The van der Waals surface area contributed by atoms with E-state index in [0.717, 1.165) is 50.5 Å². The van der Waals surface area contributed by atoms with E-state index in [9.17, 15) is 5.11 Å². The van der Waals surface area contributed by atoms with Crippen molar-refractivity contribution >= 4 is 5.96 Å². The lowest BCUT2D eigenvalue weighted by molar-refractivity contribution is 0.0572. The summed E-state index contributed by atoms with van der Waals surface area (Å²) < 4.78 is 5.19. The monoisotopic (exact) mass is 319 g/mol. The maximum absolute atomic E-state index is 10.5. The molecule has 0 heterocycles. The molecule has 1 aliphatic carbocycles. The normalized spacial score (nSPS) is 17.1. The molecule has 2 rings (SSSR count). The van der Waals surface area contributed by atoms with Crippen molar-refractivity contribution in [3.8, 4) is 5.75 Å². The van der Waals surface area contributed by atoms with Crippen molar-refractivity contribution in [2.24, 2.45) is 4.99 Å². The summed E-state index contributed by atoms with van der Waals surface area (Å²) in [6.07, 6.45) is 3.92. The molecule has 5 nitrogen and oxygen atoms in total. The van der Waals surface area contributed by atoms with Crippen molar-refractivity contribution in [2.45, 2.75) is 44.8 Å². The highest BCUT2D eigenvalue weighted by molar-refractivity contribution is 5.79. The summed E-state index contributed by atoms with van der Waals surface area (Å²) in [5.41, 5.74) is 0.584. The third-order valence-electron chi connectivity index (χ3n) is 4.33. The number of benzene rings is 1. The van der Waals surface area contributed by atoms with Crippen molar-refractivity contribution in [1.82, 2.24) is 10.2 Å². The van der Waals surface area contributed by atoms with E-state index in [-0.39, 0.29) is 0 Å². The number of aliphatic imine (C=N–C) groups is 1. The Morgan fingerprint density at radius 2 is 1.96 bits per heavy atom. The van der Waals surface area contributed by atoms with Gasteiger partial charge in [-0.25, -0.2) is 0 Å². The van der Waals surface area contributed by atoms with Crippen LogP contribution in [0, 0.1) is 0 Å². The van der Waals surface area contributed by atoms with Gasteiger partial charge in [0.2, 0.25) is 0 Å². The predicted octanol–water partition coefficient (Wildman–Crippen LogP) is 2.40. The summed E-state index contributed by atoms with van der Waals surface area (Å²) in [5.74, 6) is 1.70. The molecule has 1 fully saturated rings. The molecule has 0 unspecified atom stereocenters. The van der Waals surface area contributed by atoms with E-state index in [2.05, 4.69) is 34.3 Å². The molecule has 2 N–H and O–H groups in total. The second-order valence-corrected chi connectivity index (χ2v) is 6.31. The van der Waals surface area contributed by atoms with Gasteiger partial charge >= 0.3 is 0 Å². The summed E-state index contributed by atoms with van der Waals surface area (Å²) in [6, 6.07) is 8.05. The van der Waals surface area contributed by atoms with E-state index in [1.54, 1.807) is 7.11 Å². The topological polar surface area (TPSA) is 57.1 Å². The fourth-order valence-electron chi connectivity index (χ4n) is 2.96. The van der Waals surface area contributed by atoms with Crippen LogP contribution in [-0.4, -0.2) is 48.8 Å². The Morgan fingerprint density at radius 3 is 2.52 bits per heavy atom. The van der Waals surface area contributed by atoms with Crippen LogP contribution in [0.3, 0.4) is 0 Å². The van der Waals surface area contributed by atoms with E-state index in [4.69, 9.17) is 4.74 Å². The number of hydrogen-bond acceptors (Lipinski definition) is 3. The molecule has 1 aromatic carbocycles. The van der Waals surface area contributed by atoms with Crippen molar-refractivity contribution in [3.05, 3.63) is 29.8 Å². The van der Waals surface area contributed by atoms with Gasteiger partial charge < -0.3 is 20.1 Å². The van der Waals surface area contributed by atoms with Crippen molar-refractivity contribution < 1.29 is 9.84 Å². The van der Waals surface area contributed by atoms with Crippen LogP contribution in [-0.2, 0) is 6.54 Å². The Balaban J connectivity index is 2.00. The molecule has 0 spiro atoms. The first-order valence-corrected chi connectivity index (χ1v) is 8.41. The predicted molar refractivity (Wildman–Crippen MR) is 93.9 cm³/mol. The number of rotatable bonds is 6. The smallest absolute Gasteiger partial charge is 0.194 e. The van der Waals surface area contributed by atoms with Crippen LogP contribution in [0.2, 0.25) is 0 Å². The lowest BCUT2D eigenvalue weighted by atomic mass is 10.0. The fourth-order valence-corrected chi connectivity index (χ4v) is 2.96. The highest BCUT2D eigenvalue weighted by Gasteiger charge is 2.30. The van der Waals surface area contributed by atoms with Gasteiger partial charge in [-0.15, -0.1) is 0 Å². The van der Waals surface area contributed by atoms with E-state index >= 15 is 0 Å². The maximum atomic E-state index is 10.5. The molecule has 128 valence electrons. The molecule has 0 atom stereocenters. The van der Waals surface area contributed by atoms with Crippen molar-refractivity contribution in [2.75, 3.05) is 27.2 Å². The van der Waals surface area contributed by atoms with Crippen LogP contribution in [0.5, 0.6) is 5.75 Å². The number of nitrogens with one attached hydrogen (secondary N) is 1. The third kappa shape index (κ3) is 5.13. The fraction of sp³-hybridized carbons (Fsp3) is 0.611. The number of methoxy groups -OCH3 is 1. The van der Waals surface area contributed by atoms with Gasteiger partial charge in [-0.2, -0.15) is 0 Å². The third-order valence-corrected chi connectivity index (χ3v) is 4.33. The number of nitrogens with zero attached hydrogens (tertiary/aromatic N) is 2. The van der Waals surface area contributed by atoms with Gasteiger partial charge in [0, 0.05) is 20.1 Å². The van der Waals surface area contributed by atoms with Gasteiger partial charge in [0.05, 0.1) is 19.3 Å². The quantitative estimate of drug-likeness (QED) is 0.624. The molecule has 1 aliphatic rings. The van der Waals surface area contributed by atoms with E-state index in [1.807, 2.05) is 19.2 Å². The zero-order valence-corrected chi connectivity index (χ0v) is 14.5. The highest BCUT2D eigenvalue weighted by atomic mass is 16.5. The van der Waals surface area contributed by atoms with Crippen LogP contribution in [0.1, 0.15) is 38.2 Å². The molecule has 0 aromatic heterocycles. The minimum Gasteiger partial charge on any atom is -0.497 e. The van der Waals surface area contributed by atoms with Crippen LogP contribution in [0.25, 0.3) is 0 Å². The summed E-state index contributed by atoms with van der Waals surface area (Å²) >= 11 is 0. The van der Waals surface area contributed by atoms with Crippen LogP contribution < -0.4 is 10.1 Å². The molecular formula is C18H29N3O2. The van der Waals surface area contributed by atoms with Crippen molar-refractivity contribution in [3.63, 3.8) is 0 Å². The molecule has 0 aliphatic heterocycles. The zero-order valence-electron chi connectivity index (χ0n) is 14.5. The lowest BCUT2D eigenvalue weighted by Crippen LogP contribution is -2.40. The summed E-state index contributed by atoms with van der Waals surface area (Å²) in [7, 11) is 3.69. The summed E-state index contributed by atoms with van der Waals surface area (Å²) in [5, 5.41) is 13.8. The van der Waals surface area contributed by atoms with E-state index < -0.39 is 5.60 Å². The highest BCUT2D eigenvalue weighted by Crippen LogP contribution is 2.29. The minimum absolute atomic E-state index is 0.474. The van der Waals surface area contributed by atoms with Gasteiger partial charge in [-0.05, 0) is 37.5 Å². The van der Waals surface area contributed by atoms with Gasteiger partial charge in [0.25, 0.3) is 0 Å².